The van der Waals surface area contributed by atoms with Gasteiger partial charge < -0.3 is 51.0 Å². The van der Waals surface area contributed by atoms with Gasteiger partial charge in [0.1, 0.15) is 31.0 Å². The summed E-state index contributed by atoms with van der Waals surface area (Å²) in [5.74, 6) is -0.382. The highest BCUT2D eigenvalue weighted by molar-refractivity contribution is 5.81. The summed E-state index contributed by atoms with van der Waals surface area (Å²) in [6.07, 6.45) is -5.66. The number of nitrogens with two attached hydrogens (primary N) is 1. The lowest BCUT2D eigenvalue weighted by atomic mass is 9.99. The topological polar surface area (TPSA) is 193 Å². The van der Waals surface area contributed by atoms with E-state index in [4.69, 9.17) is 25.1 Å². The summed E-state index contributed by atoms with van der Waals surface area (Å²) in [6, 6.07) is 8.60. The number of benzene rings is 1. The second-order valence-electron chi connectivity index (χ2n) is 7.95. The van der Waals surface area contributed by atoms with Crippen molar-refractivity contribution in [1.29, 1.82) is 0 Å². The van der Waals surface area contributed by atoms with Crippen molar-refractivity contribution in [3.8, 4) is 0 Å². The number of unbranched alkanes of at least 4 members (excludes halogenated alkanes) is 1. The summed E-state index contributed by atoms with van der Waals surface area (Å²) < 4.78 is 15.6. The van der Waals surface area contributed by atoms with Gasteiger partial charge in [-0.2, -0.15) is 0 Å². The molecule has 1 heterocycles. The Morgan fingerprint density at radius 3 is 2.47 bits per heavy atom. The fourth-order valence-electron chi connectivity index (χ4n) is 3.27. The molecule has 0 unspecified atom stereocenters. The van der Waals surface area contributed by atoms with E-state index in [2.05, 4.69) is 10.6 Å². The van der Waals surface area contributed by atoms with Crippen LogP contribution in [-0.2, 0) is 25.6 Å². The summed E-state index contributed by atoms with van der Waals surface area (Å²) in [7, 11) is 0. The van der Waals surface area contributed by atoms with Gasteiger partial charge in [0.05, 0.1) is 19.3 Å². The van der Waals surface area contributed by atoms with Crippen LogP contribution in [0.25, 0.3) is 0 Å². The van der Waals surface area contributed by atoms with Crippen molar-refractivity contribution in [2.45, 2.75) is 62.6 Å². The zero-order valence-corrected chi connectivity index (χ0v) is 18.9. The second kappa shape index (κ2) is 14.8. The third-order valence-corrected chi connectivity index (χ3v) is 5.29. The first-order chi connectivity index (χ1) is 16.3. The number of nitrogens with one attached hydrogen (secondary N) is 2. The van der Waals surface area contributed by atoms with Crippen LogP contribution in [0.2, 0.25) is 0 Å². The summed E-state index contributed by atoms with van der Waals surface area (Å²) >= 11 is 0. The quantitative estimate of drug-likeness (QED) is 0.159. The second-order valence-corrected chi connectivity index (χ2v) is 7.95. The Labute approximate surface area is 198 Å². The number of ether oxygens (including phenoxy) is 3. The zero-order valence-electron chi connectivity index (χ0n) is 18.9. The largest absolute Gasteiger partial charge is 0.445 e. The van der Waals surface area contributed by atoms with E-state index in [1.807, 2.05) is 30.3 Å². The van der Waals surface area contributed by atoms with E-state index in [0.717, 1.165) is 5.56 Å². The first kappa shape index (κ1) is 27.9. The Morgan fingerprint density at radius 2 is 1.76 bits per heavy atom. The van der Waals surface area contributed by atoms with E-state index in [9.17, 15) is 24.9 Å². The monoisotopic (exact) mass is 485 g/mol. The maximum Gasteiger partial charge on any atom is 0.407 e. The lowest BCUT2D eigenvalue weighted by Gasteiger charge is -2.39. The van der Waals surface area contributed by atoms with Crippen LogP contribution >= 0.6 is 0 Å². The lowest BCUT2D eigenvalue weighted by molar-refractivity contribution is -0.300. The third-order valence-electron chi connectivity index (χ3n) is 5.29. The molecule has 1 aliphatic heterocycles. The van der Waals surface area contributed by atoms with Crippen LogP contribution in [0.15, 0.2) is 30.3 Å². The van der Waals surface area contributed by atoms with Gasteiger partial charge in [0.15, 0.2) is 6.29 Å². The number of aliphatic hydroxyl groups excluding tert-OH is 4. The predicted octanol–water partition coefficient (Wildman–Crippen LogP) is -1.66. The molecule has 0 spiro atoms. The fourth-order valence-corrected chi connectivity index (χ4v) is 3.27. The molecular formula is C22H35N3O9. The summed E-state index contributed by atoms with van der Waals surface area (Å²) in [5, 5.41) is 43.7. The number of hydrogen-bond donors (Lipinski definition) is 7. The van der Waals surface area contributed by atoms with Gasteiger partial charge in [-0.1, -0.05) is 30.3 Å². The zero-order chi connectivity index (χ0) is 24.9. The van der Waals surface area contributed by atoms with Gasteiger partial charge in [-0.3, -0.25) is 4.79 Å². The number of carbonyl (C=O) groups excluding carboxylic acids is 2. The molecular weight excluding hydrogens is 450 g/mol. The van der Waals surface area contributed by atoms with Crippen LogP contribution in [0.1, 0.15) is 24.8 Å². The van der Waals surface area contributed by atoms with Gasteiger partial charge in [-0.15, -0.1) is 0 Å². The Morgan fingerprint density at radius 1 is 1.03 bits per heavy atom. The van der Waals surface area contributed by atoms with Crippen molar-refractivity contribution in [1.82, 2.24) is 10.6 Å². The van der Waals surface area contributed by atoms with Gasteiger partial charge >= 0.3 is 6.09 Å². The number of rotatable bonds is 13. The van der Waals surface area contributed by atoms with E-state index in [1.165, 1.54) is 0 Å². The number of aliphatic hydroxyl groups is 4. The Hall–Kier alpha value is -2.32. The molecule has 12 heteroatoms. The van der Waals surface area contributed by atoms with Gasteiger partial charge in [-0.05, 0) is 24.8 Å². The van der Waals surface area contributed by atoms with E-state index < -0.39 is 49.4 Å². The summed E-state index contributed by atoms with van der Waals surface area (Å²) in [5.41, 5.74) is 6.77. The van der Waals surface area contributed by atoms with E-state index >= 15 is 0 Å². The molecule has 8 N–H and O–H groups in total. The molecule has 1 aliphatic rings. The van der Waals surface area contributed by atoms with Gasteiger partial charge in [0, 0.05) is 13.1 Å². The van der Waals surface area contributed by atoms with Gasteiger partial charge in [0.2, 0.25) is 5.91 Å². The minimum Gasteiger partial charge on any atom is -0.445 e. The van der Waals surface area contributed by atoms with Crippen molar-refractivity contribution in [2.75, 3.05) is 26.3 Å². The Balaban J connectivity index is 1.52. The van der Waals surface area contributed by atoms with Gasteiger partial charge in [-0.25, -0.2) is 4.79 Å². The van der Waals surface area contributed by atoms with Gasteiger partial charge in [0.25, 0.3) is 0 Å². The minimum absolute atomic E-state index is 0.0455. The molecule has 0 radical (unpaired) electrons. The molecule has 0 aliphatic carbocycles. The van der Waals surface area contributed by atoms with Crippen LogP contribution in [-0.4, -0.2) is 95.5 Å². The molecule has 0 bridgehead atoms. The van der Waals surface area contributed by atoms with Crippen molar-refractivity contribution >= 4 is 12.0 Å². The number of amides is 2. The van der Waals surface area contributed by atoms with Crippen LogP contribution in [0.4, 0.5) is 4.79 Å². The average molecular weight is 486 g/mol. The van der Waals surface area contributed by atoms with Crippen molar-refractivity contribution in [3.05, 3.63) is 35.9 Å². The van der Waals surface area contributed by atoms with E-state index in [-0.39, 0.29) is 25.7 Å². The standard InChI is InChI=1S/C22H35N3O9/c23-15(8-4-5-9-25-22(31)33-13-14-6-2-1-3-7-14)20(30)24-10-11-32-21-19(29)18(28)17(27)16(12-26)34-21/h1-3,6-7,15-19,21,26-29H,4-5,8-13,23H2,(H,24,30)(H,25,31)/t15-,16+,17+,18-,19-,21-/m0/s1. The highest BCUT2D eigenvalue weighted by Crippen LogP contribution is 2.21. The fraction of sp³-hybridized carbons (Fsp3) is 0.636. The van der Waals surface area contributed by atoms with E-state index in [1.54, 1.807) is 0 Å². The molecule has 192 valence electrons. The highest BCUT2D eigenvalue weighted by Gasteiger charge is 2.43. The summed E-state index contributed by atoms with van der Waals surface area (Å²) in [6.45, 7) is 0.0695. The lowest BCUT2D eigenvalue weighted by Crippen LogP contribution is -2.59. The van der Waals surface area contributed by atoms with Crippen molar-refractivity contribution in [3.63, 3.8) is 0 Å². The van der Waals surface area contributed by atoms with Crippen LogP contribution in [0.3, 0.4) is 0 Å². The molecule has 0 saturated carbocycles. The molecule has 1 saturated heterocycles. The molecule has 2 amide bonds. The molecule has 6 atom stereocenters. The molecule has 1 aromatic rings. The van der Waals surface area contributed by atoms with E-state index in [0.29, 0.717) is 25.8 Å². The Kier molecular flexibility index (Phi) is 12.2. The molecule has 1 fully saturated rings. The minimum atomic E-state index is -1.53. The number of hydrogen-bond acceptors (Lipinski definition) is 10. The predicted molar refractivity (Wildman–Crippen MR) is 119 cm³/mol. The normalized spacial score (nSPS) is 25.4. The highest BCUT2D eigenvalue weighted by atomic mass is 16.7. The number of alkyl carbamates (subject to hydrolysis) is 1. The maximum atomic E-state index is 12.1. The maximum absolute atomic E-state index is 12.1. The first-order valence-electron chi connectivity index (χ1n) is 11.2. The molecule has 2 rings (SSSR count). The SMILES string of the molecule is N[C@@H](CCCCNC(=O)OCc1ccccc1)C(=O)NCCO[C@H]1O[C@H](CO)[C@@H](O)[C@H](O)[C@@H]1O. The van der Waals surface area contributed by atoms with Crippen LogP contribution in [0, 0.1) is 0 Å². The summed E-state index contributed by atoms with van der Waals surface area (Å²) in [4.78, 5) is 23.8. The van der Waals surface area contributed by atoms with Crippen LogP contribution < -0.4 is 16.4 Å². The van der Waals surface area contributed by atoms with Crippen LogP contribution in [0.5, 0.6) is 0 Å². The first-order valence-corrected chi connectivity index (χ1v) is 11.2. The molecule has 34 heavy (non-hydrogen) atoms. The average Bonchev–Trinajstić information content (AvgIpc) is 2.85. The Bertz CT molecular complexity index is 738. The molecule has 12 nitrogen and oxygen atoms in total. The third kappa shape index (κ3) is 9.14. The molecule has 0 aromatic heterocycles. The smallest absolute Gasteiger partial charge is 0.407 e. The molecule has 1 aromatic carbocycles. The number of carbonyl (C=O) groups is 2. The van der Waals surface area contributed by atoms with Crippen molar-refractivity contribution < 1.29 is 44.2 Å². The van der Waals surface area contributed by atoms with Crippen molar-refractivity contribution in [2.24, 2.45) is 5.73 Å².